The highest BCUT2D eigenvalue weighted by Crippen LogP contribution is 2.32. The number of aromatic nitrogens is 3. The quantitative estimate of drug-likeness (QED) is 0.792. The van der Waals surface area contributed by atoms with Gasteiger partial charge in [0.2, 0.25) is 0 Å². The number of nitrogens with one attached hydrogen (secondary N) is 1. The molecule has 0 bridgehead atoms. The number of likely N-dealkylation sites (tertiary alicyclic amines) is 1. The van der Waals surface area contributed by atoms with E-state index in [1.165, 1.54) is 4.90 Å². The zero-order chi connectivity index (χ0) is 19.9. The lowest BCUT2D eigenvalue weighted by atomic mass is 9.95. The molecule has 1 saturated heterocycles. The Labute approximate surface area is 158 Å². The molecule has 6 nitrogen and oxygen atoms in total. The Morgan fingerprint density at radius 1 is 1.14 bits per heavy atom. The summed E-state index contributed by atoms with van der Waals surface area (Å²) in [7, 11) is 0. The Bertz CT molecular complexity index is 887. The Balaban J connectivity index is 1.47. The zero-order valence-corrected chi connectivity index (χ0v) is 15.0. The molecule has 1 fully saturated rings. The molecule has 10 heteroatoms. The number of alkyl halides is 3. The van der Waals surface area contributed by atoms with Gasteiger partial charge < -0.3 is 14.8 Å². The summed E-state index contributed by atoms with van der Waals surface area (Å²) in [6.07, 6.45) is -3.41. The molecule has 0 saturated carbocycles. The van der Waals surface area contributed by atoms with Crippen molar-refractivity contribution in [2.24, 2.45) is 0 Å². The molecule has 0 unspecified atom stereocenters. The lowest BCUT2D eigenvalue weighted by Gasteiger charge is -2.32. The number of fused-ring (bicyclic) bond motifs is 1. The van der Waals surface area contributed by atoms with E-state index in [0.29, 0.717) is 50.7 Å². The molecule has 0 aliphatic carbocycles. The molecule has 3 heterocycles. The van der Waals surface area contributed by atoms with E-state index in [0.717, 1.165) is 24.7 Å². The van der Waals surface area contributed by atoms with Crippen LogP contribution in [0.4, 0.5) is 17.6 Å². The van der Waals surface area contributed by atoms with Crippen LogP contribution in [0.15, 0.2) is 18.2 Å². The number of piperidine rings is 1. The molecule has 0 spiro atoms. The third-order valence-electron chi connectivity index (χ3n) is 5.32. The highest BCUT2D eigenvalue weighted by atomic mass is 19.4. The summed E-state index contributed by atoms with van der Waals surface area (Å²) in [5.74, 6) is 0.225. The second kappa shape index (κ2) is 7.16. The van der Waals surface area contributed by atoms with Crippen molar-refractivity contribution in [2.75, 3.05) is 19.6 Å². The molecule has 1 N–H and O–H groups in total. The minimum absolute atomic E-state index is 0.120. The van der Waals surface area contributed by atoms with Crippen LogP contribution >= 0.6 is 0 Å². The molecule has 2 aliphatic rings. The summed E-state index contributed by atoms with van der Waals surface area (Å²) in [6, 6.07) is 1.92. The molecule has 0 radical (unpaired) electrons. The molecule has 150 valence electrons. The number of hydrogen-bond acceptors (Lipinski definition) is 4. The van der Waals surface area contributed by atoms with Crippen molar-refractivity contribution in [2.45, 2.75) is 38.0 Å². The average Bonchev–Trinajstić information content (AvgIpc) is 3.11. The van der Waals surface area contributed by atoms with Gasteiger partial charge in [0, 0.05) is 32.1 Å². The molecule has 4 rings (SSSR count). The van der Waals surface area contributed by atoms with E-state index in [1.54, 1.807) is 0 Å². The van der Waals surface area contributed by atoms with Crippen LogP contribution in [0.2, 0.25) is 0 Å². The number of rotatable bonds is 2. The minimum Gasteiger partial charge on any atom is -0.339 e. The van der Waals surface area contributed by atoms with Gasteiger partial charge in [-0.1, -0.05) is 0 Å². The third-order valence-corrected chi connectivity index (χ3v) is 5.32. The van der Waals surface area contributed by atoms with Gasteiger partial charge in [0.15, 0.2) is 0 Å². The van der Waals surface area contributed by atoms with Crippen molar-refractivity contribution in [3.63, 3.8) is 0 Å². The second-order valence-electron chi connectivity index (χ2n) is 7.06. The van der Waals surface area contributed by atoms with Gasteiger partial charge in [-0.15, -0.1) is 10.2 Å². The molecular weight excluding hydrogens is 378 g/mol. The monoisotopic (exact) mass is 397 g/mol. The lowest BCUT2D eigenvalue weighted by Crippen LogP contribution is -2.39. The number of carbonyl (C=O) groups excluding carboxylic acids is 1. The first-order valence-electron chi connectivity index (χ1n) is 9.13. The van der Waals surface area contributed by atoms with Crippen LogP contribution in [0.1, 0.15) is 46.3 Å². The molecule has 1 amide bonds. The van der Waals surface area contributed by atoms with E-state index < -0.39 is 29.0 Å². The maximum atomic E-state index is 14.0. The smallest absolute Gasteiger partial charge is 0.339 e. The third kappa shape index (κ3) is 3.48. The number of hydrogen-bond donors (Lipinski definition) is 1. The average molecular weight is 397 g/mol. The number of benzene rings is 1. The summed E-state index contributed by atoms with van der Waals surface area (Å²) in [4.78, 5) is 14.0. The van der Waals surface area contributed by atoms with Crippen molar-refractivity contribution in [1.29, 1.82) is 0 Å². The largest absolute Gasteiger partial charge is 0.416 e. The van der Waals surface area contributed by atoms with Crippen molar-refractivity contribution < 1.29 is 22.4 Å². The van der Waals surface area contributed by atoms with E-state index in [9.17, 15) is 22.4 Å². The number of nitrogens with zero attached hydrogens (tertiary/aromatic N) is 4. The van der Waals surface area contributed by atoms with E-state index >= 15 is 0 Å². The fourth-order valence-corrected chi connectivity index (χ4v) is 3.79. The highest BCUT2D eigenvalue weighted by molar-refractivity contribution is 5.94. The fourth-order valence-electron chi connectivity index (χ4n) is 3.79. The Morgan fingerprint density at radius 2 is 1.89 bits per heavy atom. The first kappa shape index (κ1) is 18.9. The number of carbonyl (C=O) groups is 1. The summed E-state index contributed by atoms with van der Waals surface area (Å²) in [5.41, 5.74) is -1.57. The maximum absolute atomic E-state index is 14.0. The molecule has 1 aromatic heterocycles. The molecule has 2 aliphatic heterocycles. The van der Waals surface area contributed by atoms with Crippen LogP contribution in [-0.4, -0.2) is 45.2 Å². The summed E-state index contributed by atoms with van der Waals surface area (Å²) < 4.78 is 54.8. The van der Waals surface area contributed by atoms with Gasteiger partial charge in [-0.25, -0.2) is 4.39 Å². The van der Waals surface area contributed by atoms with Crippen LogP contribution in [0.3, 0.4) is 0 Å². The number of amides is 1. The highest BCUT2D eigenvalue weighted by Gasteiger charge is 2.34. The van der Waals surface area contributed by atoms with E-state index in [4.69, 9.17) is 0 Å². The first-order valence-corrected chi connectivity index (χ1v) is 9.13. The van der Waals surface area contributed by atoms with E-state index in [-0.39, 0.29) is 5.92 Å². The predicted molar refractivity (Wildman–Crippen MR) is 91.0 cm³/mol. The van der Waals surface area contributed by atoms with Gasteiger partial charge in [-0.05, 0) is 31.0 Å². The van der Waals surface area contributed by atoms with Crippen LogP contribution in [-0.2, 0) is 19.3 Å². The maximum Gasteiger partial charge on any atom is 0.416 e. The van der Waals surface area contributed by atoms with E-state index in [1.807, 2.05) is 0 Å². The normalized spacial score (nSPS) is 18.2. The first-order chi connectivity index (χ1) is 13.3. The Morgan fingerprint density at radius 3 is 2.61 bits per heavy atom. The SMILES string of the molecule is O=C(c1cc(C(F)(F)F)ccc1F)N1CCC(c2nnc3n2CCNC3)CC1. The van der Waals surface area contributed by atoms with Gasteiger partial charge in [0.1, 0.15) is 17.5 Å². The van der Waals surface area contributed by atoms with Crippen molar-refractivity contribution in [3.8, 4) is 0 Å². The Kier molecular flexibility index (Phi) is 4.82. The standard InChI is InChI=1S/C18H19F4N5O/c19-14-2-1-12(18(20,21)22)9-13(14)17(28)26-6-3-11(4-7-26)16-25-24-15-10-23-5-8-27(15)16/h1-2,9,11,23H,3-8,10H2. The van der Waals surface area contributed by atoms with Crippen LogP contribution < -0.4 is 5.32 Å². The molecule has 2 aromatic rings. The van der Waals surface area contributed by atoms with Gasteiger partial charge in [-0.2, -0.15) is 13.2 Å². The number of halogens is 4. The van der Waals surface area contributed by atoms with Gasteiger partial charge in [0.25, 0.3) is 5.91 Å². The van der Waals surface area contributed by atoms with E-state index in [2.05, 4.69) is 20.1 Å². The van der Waals surface area contributed by atoms with Crippen molar-refractivity contribution >= 4 is 5.91 Å². The van der Waals surface area contributed by atoms with Gasteiger partial charge >= 0.3 is 6.18 Å². The summed E-state index contributed by atoms with van der Waals surface area (Å²) >= 11 is 0. The second-order valence-corrected chi connectivity index (χ2v) is 7.06. The van der Waals surface area contributed by atoms with Crippen molar-refractivity contribution in [1.82, 2.24) is 25.0 Å². The van der Waals surface area contributed by atoms with Gasteiger partial charge in [-0.3, -0.25) is 4.79 Å². The minimum atomic E-state index is -4.63. The van der Waals surface area contributed by atoms with Gasteiger partial charge in [0.05, 0.1) is 17.7 Å². The molecule has 28 heavy (non-hydrogen) atoms. The fraction of sp³-hybridized carbons (Fsp3) is 0.500. The van der Waals surface area contributed by atoms with Crippen LogP contribution in [0.5, 0.6) is 0 Å². The van der Waals surface area contributed by atoms with Crippen molar-refractivity contribution in [3.05, 3.63) is 46.8 Å². The molecule has 0 atom stereocenters. The summed E-state index contributed by atoms with van der Waals surface area (Å²) in [5, 5.41) is 11.7. The summed E-state index contributed by atoms with van der Waals surface area (Å²) in [6.45, 7) is 2.95. The van der Waals surface area contributed by atoms with Crippen LogP contribution in [0.25, 0.3) is 0 Å². The lowest BCUT2D eigenvalue weighted by molar-refractivity contribution is -0.137. The van der Waals surface area contributed by atoms with Crippen LogP contribution in [0, 0.1) is 5.82 Å². The predicted octanol–water partition coefficient (Wildman–Crippen LogP) is 2.56. The topological polar surface area (TPSA) is 63.1 Å². The molecular formula is C18H19F4N5O. The zero-order valence-electron chi connectivity index (χ0n) is 15.0. The Hall–Kier alpha value is -2.49. The molecule has 1 aromatic carbocycles.